The van der Waals surface area contributed by atoms with Crippen LogP contribution in [0, 0.1) is 0 Å². The Labute approximate surface area is 180 Å². The van der Waals surface area contributed by atoms with E-state index in [9.17, 15) is 19.2 Å². The van der Waals surface area contributed by atoms with Crippen molar-refractivity contribution in [2.45, 2.75) is 39.2 Å². The smallest absolute Gasteiger partial charge is 0.355 e. The van der Waals surface area contributed by atoms with E-state index in [1.54, 1.807) is 24.3 Å². The van der Waals surface area contributed by atoms with Gasteiger partial charge in [-0.3, -0.25) is 14.4 Å². The summed E-state index contributed by atoms with van der Waals surface area (Å²) in [5, 5.41) is 8.17. The molecule has 2 aromatic rings. The molecule has 166 valence electrons. The topological polar surface area (TPSA) is 121 Å². The lowest BCUT2D eigenvalue weighted by Crippen LogP contribution is -2.37. The Balaban J connectivity index is 2.14. The fourth-order valence-corrected chi connectivity index (χ4v) is 2.82. The first-order valence-corrected chi connectivity index (χ1v) is 9.91. The van der Waals surface area contributed by atoms with Gasteiger partial charge in [-0.25, -0.2) is 4.79 Å². The van der Waals surface area contributed by atoms with Crippen LogP contribution in [0.2, 0.25) is 0 Å². The second-order valence-electron chi connectivity index (χ2n) is 6.74. The van der Waals surface area contributed by atoms with Gasteiger partial charge in [-0.05, 0) is 25.5 Å². The Morgan fingerprint density at radius 3 is 2.39 bits per heavy atom. The molecule has 0 saturated carbocycles. The highest BCUT2D eigenvalue weighted by Crippen LogP contribution is 2.16. The highest BCUT2D eigenvalue weighted by atomic mass is 16.6. The van der Waals surface area contributed by atoms with Crippen molar-refractivity contribution in [3.05, 3.63) is 42.2 Å². The van der Waals surface area contributed by atoms with E-state index in [-0.39, 0.29) is 18.9 Å². The van der Waals surface area contributed by atoms with Gasteiger partial charge in [-0.15, -0.1) is 0 Å². The highest BCUT2D eigenvalue weighted by molar-refractivity contribution is 6.02. The first-order chi connectivity index (χ1) is 14.9. The Hall–Kier alpha value is -3.56. The molecule has 0 spiro atoms. The second kappa shape index (κ2) is 11.6. The molecule has 2 rings (SSSR count). The van der Waals surface area contributed by atoms with Crippen molar-refractivity contribution in [2.24, 2.45) is 0 Å². The van der Waals surface area contributed by atoms with Crippen molar-refractivity contribution in [3.8, 4) is 5.69 Å². The number of nitrogens with zero attached hydrogens (tertiary/aromatic N) is 4. The number of amides is 1. The lowest BCUT2D eigenvalue weighted by Gasteiger charge is -2.23. The number of carbonyl (C=O) groups excluding carboxylic acids is 4. The summed E-state index contributed by atoms with van der Waals surface area (Å²) in [6, 6.07) is 6.91. The van der Waals surface area contributed by atoms with E-state index in [1.807, 2.05) is 6.92 Å². The summed E-state index contributed by atoms with van der Waals surface area (Å²) in [5.74, 6) is -2.65. The van der Waals surface area contributed by atoms with Crippen LogP contribution in [0.25, 0.3) is 5.69 Å². The summed E-state index contributed by atoms with van der Waals surface area (Å²) in [7, 11) is 1.10. The van der Waals surface area contributed by atoms with Crippen molar-refractivity contribution < 1.29 is 28.7 Å². The third-order valence-corrected chi connectivity index (χ3v) is 4.46. The van der Waals surface area contributed by atoms with E-state index in [4.69, 9.17) is 4.74 Å². The van der Waals surface area contributed by atoms with Gasteiger partial charge < -0.3 is 14.4 Å². The summed E-state index contributed by atoms with van der Waals surface area (Å²) < 4.78 is 9.44. The molecule has 0 radical (unpaired) electrons. The maximum atomic E-state index is 13.2. The van der Waals surface area contributed by atoms with Crippen LogP contribution in [0.4, 0.5) is 0 Å². The summed E-state index contributed by atoms with van der Waals surface area (Å²) in [6.45, 7) is 3.61. The largest absolute Gasteiger partial charge is 0.466 e. The molecule has 10 heteroatoms. The van der Waals surface area contributed by atoms with E-state index < -0.39 is 23.8 Å². The van der Waals surface area contributed by atoms with Crippen LogP contribution >= 0.6 is 0 Å². The standard InChI is InChI=1S/C21H26N4O6/c1-4-5-13-24(14-10-18(27)31-19(15(2)26)21(29)30-3)20(28)16-8-6-7-9-17(16)25-22-11-12-23-25/h6-9,11-12,19H,4-5,10,13-14H2,1-3H3. The number of carbonyl (C=O) groups is 4. The van der Waals surface area contributed by atoms with E-state index in [0.29, 0.717) is 17.8 Å². The van der Waals surface area contributed by atoms with Gasteiger partial charge in [0.1, 0.15) is 0 Å². The average molecular weight is 430 g/mol. The van der Waals surface area contributed by atoms with Gasteiger partial charge >= 0.3 is 11.9 Å². The predicted octanol–water partition coefficient (Wildman–Crippen LogP) is 1.57. The lowest BCUT2D eigenvalue weighted by atomic mass is 10.1. The molecule has 1 atom stereocenters. The van der Waals surface area contributed by atoms with Crippen LogP contribution in [-0.2, 0) is 23.9 Å². The van der Waals surface area contributed by atoms with Gasteiger partial charge in [0.2, 0.25) is 0 Å². The highest BCUT2D eigenvalue weighted by Gasteiger charge is 2.29. The molecule has 0 N–H and O–H groups in total. The Bertz CT molecular complexity index is 912. The number of methoxy groups -OCH3 is 1. The monoisotopic (exact) mass is 430 g/mol. The minimum absolute atomic E-state index is 0.0599. The van der Waals surface area contributed by atoms with Gasteiger partial charge in [-0.1, -0.05) is 25.5 Å². The molecule has 0 aliphatic carbocycles. The van der Waals surface area contributed by atoms with Crippen LogP contribution in [0.1, 0.15) is 43.5 Å². The number of hydrogen-bond acceptors (Lipinski definition) is 8. The molecule has 0 aliphatic rings. The molecule has 31 heavy (non-hydrogen) atoms. The maximum absolute atomic E-state index is 13.2. The van der Waals surface area contributed by atoms with Gasteiger partial charge in [0.05, 0.1) is 37.2 Å². The third-order valence-electron chi connectivity index (χ3n) is 4.46. The van der Waals surface area contributed by atoms with Crippen LogP contribution in [0.15, 0.2) is 36.7 Å². The minimum atomic E-state index is -1.61. The molecule has 10 nitrogen and oxygen atoms in total. The van der Waals surface area contributed by atoms with Crippen LogP contribution < -0.4 is 0 Å². The van der Waals surface area contributed by atoms with Crippen molar-refractivity contribution in [1.82, 2.24) is 19.9 Å². The number of rotatable bonds is 11. The zero-order valence-electron chi connectivity index (χ0n) is 17.8. The molecular weight excluding hydrogens is 404 g/mol. The van der Waals surface area contributed by atoms with E-state index in [0.717, 1.165) is 26.9 Å². The predicted molar refractivity (Wildman–Crippen MR) is 109 cm³/mol. The quantitative estimate of drug-likeness (QED) is 0.389. The third kappa shape index (κ3) is 6.46. The van der Waals surface area contributed by atoms with Crippen LogP contribution in [0.5, 0.6) is 0 Å². The van der Waals surface area contributed by atoms with E-state index in [2.05, 4.69) is 14.9 Å². The molecule has 1 aromatic heterocycles. The number of unbranched alkanes of at least 4 members (excludes halogenated alkanes) is 1. The first kappa shape index (κ1) is 23.7. The molecule has 1 amide bonds. The SMILES string of the molecule is CCCCN(CCC(=O)OC(C(C)=O)C(=O)OC)C(=O)c1ccccc1-n1nccn1. The molecule has 0 bridgehead atoms. The number of hydrogen-bond donors (Lipinski definition) is 0. The normalized spacial score (nSPS) is 11.5. The van der Waals surface area contributed by atoms with Gasteiger partial charge in [-0.2, -0.15) is 15.0 Å². The zero-order chi connectivity index (χ0) is 22.8. The van der Waals surface area contributed by atoms with Gasteiger partial charge in [0.15, 0.2) is 5.78 Å². The van der Waals surface area contributed by atoms with Crippen molar-refractivity contribution in [2.75, 3.05) is 20.2 Å². The molecule has 0 fully saturated rings. The summed E-state index contributed by atoms with van der Waals surface area (Å²) in [5.41, 5.74) is 0.906. The summed E-state index contributed by atoms with van der Waals surface area (Å²) in [4.78, 5) is 51.5. The molecule has 0 aliphatic heterocycles. The molecule has 1 heterocycles. The minimum Gasteiger partial charge on any atom is -0.466 e. The van der Waals surface area contributed by atoms with E-state index >= 15 is 0 Å². The van der Waals surface area contributed by atoms with Crippen LogP contribution in [0.3, 0.4) is 0 Å². The molecule has 1 aromatic carbocycles. The fourth-order valence-electron chi connectivity index (χ4n) is 2.82. The van der Waals surface area contributed by atoms with Gasteiger partial charge in [0, 0.05) is 13.1 Å². The van der Waals surface area contributed by atoms with Crippen molar-refractivity contribution in [1.29, 1.82) is 0 Å². The first-order valence-electron chi connectivity index (χ1n) is 9.91. The Kier molecular flexibility index (Phi) is 8.86. The number of aromatic nitrogens is 3. The Morgan fingerprint density at radius 2 is 1.77 bits per heavy atom. The summed E-state index contributed by atoms with van der Waals surface area (Å²) in [6.07, 6.45) is 2.83. The van der Waals surface area contributed by atoms with Crippen molar-refractivity contribution >= 4 is 23.6 Å². The zero-order valence-corrected chi connectivity index (χ0v) is 17.8. The summed E-state index contributed by atoms with van der Waals surface area (Å²) >= 11 is 0. The molecule has 0 saturated heterocycles. The lowest BCUT2D eigenvalue weighted by molar-refractivity contribution is -0.169. The molecular formula is C21H26N4O6. The van der Waals surface area contributed by atoms with Crippen molar-refractivity contribution in [3.63, 3.8) is 0 Å². The number of esters is 2. The van der Waals surface area contributed by atoms with Gasteiger partial charge in [0.25, 0.3) is 12.0 Å². The second-order valence-corrected chi connectivity index (χ2v) is 6.74. The number of para-hydroxylation sites is 1. The number of benzene rings is 1. The number of Topliss-reactive ketones (excluding diaryl/α,β-unsaturated/α-hetero) is 1. The fraction of sp³-hybridized carbons (Fsp3) is 0.429. The molecule has 1 unspecified atom stereocenters. The van der Waals surface area contributed by atoms with E-state index in [1.165, 1.54) is 22.1 Å². The Morgan fingerprint density at radius 1 is 1.10 bits per heavy atom. The maximum Gasteiger partial charge on any atom is 0.355 e. The average Bonchev–Trinajstić information content (AvgIpc) is 3.31. The number of ketones is 1. The number of ether oxygens (including phenoxy) is 2. The van der Waals surface area contributed by atoms with Crippen LogP contribution in [-0.4, -0.2) is 69.8 Å².